The molecule has 0 heterocycles. The van der Waals surface area contributed by atoms with E-state index in [1.165, 1.54) is 64.2 Å². The number of nitrogens with two attached hydrogens (primary N) is 1. The van der Waals surface area contributed by atoms with Gasteiger partial charge < -0.3 is 5.32 Å². The maximum absolute atomic E-state index is 5.74. The third-order valence-electron chi connectivity index (χ3n) is 6.19. The van der Waals surface area contributed by atoms with Gasteiger partial charge in [0.15, 0.2) is 0 Å². The van der Waals surface area contributed by atoms with Gasteiger partial charge in [0, 0.05) is 5.54 Å². The lowest BCUT2D eigenvalue weighted by Crippen LogP contribution is -2.62. The molecule has 0 spiro atoms. The van der Waals surface area contributed by atoms with E-state index < -0.39 is 0 Å². The fourth-order valence-corrected chi connectivity index (χ4v) is 5.84. The molecule has 5 aliphatic carbocycles. The van der Waals surface area contributed by atoms with E-state index in [1.807, 2.05) is 0 Å². The van der Waals surface area contributed by atoms with Crippen molar-refractivity contribution in [3.8, 4) is 0 Å². The highest BCUT2D eigenvalue weighted by Gasteiger charge is 2.51. The van der Waals surface area contributed by atoms with Crippen LogP contribution in [0.5, 0.6) is 0 Å². The molecule has 0 aromatic carbocycles. The number of hydrogen-bond acceptors (Lipinski definition) is 2. The van der Waals surface area contributed by atoms with Gasteiger partial charge in [-0.15, -0.1) is 0 Å². The van der Waals surface area contributed by atoms with Gasteiger partial charge in [0.05, 0.1) is 6.04 Å². The molecule has 5 rings (SSSR count). The van der Waals surface area contributed by atoms with Gasteiger partial charge in [-0.25, -0.2) is 10.8 Å². The van der Waals surface area contributed by atoms with Gasteiger partial charge in [-0.05, 0) is 69.1 Å². The van der Waals surface area contributed by atoms with Gasteiger partial charge in [-0.2, -0.15) is 0 Å². The topological polar surface area (TPSA) is 62.4 Å². The summed E-state index contributed by atoms with van der Waals surface area (Å²) in [6, 6.07) is 0.488. The van der Waals surface area contributed by atoms with Crippen molar-refractivity contribution in [3.63, 3.8) is 0 Å². The lowest BCUT2D eigenvalue weighted by atomic mass is 9.53. The molecule has 112 valence electrons. The van der Waals surface area contributed by atoms with Crippen molar-refractivity contribution in [1.29, 1.82) is 0 Å². The minimum atomic E-state index is 0.304. The predicted molar refractivity (Wildman–Crippen MR) is 81.1 cm³/mol. The van der Waals surface area contributed by atoms with Crippen LogP contribution in [0.4, 0.5) is 0 Å². The molecule has 0 aromatic heterocycles. The summed E-state index contributed by atoms with van der Waals surface area (Å²) < 4.78 is 0. The molecule has 5 saturated carbocycles. The summed E-state index contributed by atoms with van der Waals surface area (Å²) in [5.74, 6) is 9.47. The summed E-state index contributed by atoms with van der Waals surface area (Å²) >= 11 is 0. The Labute approximate surface area is 121 Å². The Morgan fingerprint density at radius 2 is 1.50 bits per heavy atom. The molecule has 4 bridgehead atoms. The second-order valence-corrected chi connectivity index (χ2v) is 7.88. The molecular weight excluding hydrogens is 248 g/mol. The Morgan fingerprint density at radius 3 is 2.00 bits per heavy atom. The molecule has 0 saturated heterocycles. The molecule has 0 unspecified atom stereocenters. The Morgan fingerprint density at radius 1 is 0.950 bits per heavy atom. The molecule has 0 amide bonds. The van der Waals surface area contributed by atoms with Crippen molar-refractivity contribution in [3.05, 3.63) is 0 Å². The van der Waals surface area contributed by atoms with Crippen LogP contribution in [0.2, 0.25) is 0 Å². The number of nitrogens with zero attached hydrogens (tertiary/aromatic N) is 1. The van der Waals surface area contributed by atoms with Gasteiger partial charge >= 0.3 is 0 Å². The standard InChI is InChI=1S/C16H28N4/c17-20-15(18-14-3-1-2-4-14)19-16-8-11-5-12(9-16)7-13(6-11)10-16/h11-14H,1-10,17H2,(H2,18,19,20). The third kappa shape index (κ3) is 2.32. The van der Waals surface area contributed by atoms with Crippen molar-refractivity contribution in [2.45, 2.75) is 75.8 Å². The van der Waals surface area contributed by atoms with E-state index in [9.17, 15) is 0 Å². The second-order valence-electron chi connectivity index (χ2n) is 7.88. The van der Waals surface area contributed by atoms with Gasteiger partial charge in [0.25, 0.3) is 0 Å². The summed E-state index contributed by atoms with van der Waals surface area (Å²) in [5.41, 5.74) is 3.15. The van der Waals surface area contributed by atoms with Crippen LogP contribution in [0.1, 0.15) is 64.2 Å². The van der Waals surface area contributed by atoms with E-state index in [0.717, 1.165) is 23.7 Å². The van der Waals surface area contributed by atoms with E-state index >= 15 is 0 Å². The van der Waals surface area contributed by atoms with Crippen LogP contribution < -0.4 is 16.6 Å². The zero-order valence-corrected chi connectivity index (χ0v) is 12.4. The number of nitrogens with one attached hydrogen (secondary N) is 2. The normalized spacial score (nSPS) is 44.0. The molecule has 0 aliphatic heterocycles. The SMILES string of the molecule is NNC(=NC1CCCC1)NC12CC3CC(CC(C3)C1)C2. The van der Waals surface area contributed by atoms with E-state index in [2.05, 4.69) is 10.7 Å². The first-order valence-corrected chi connectivity index (χ1v) is 8.57. The Balaban J connectivity index is 1.49. The minimum absolute atomic E-state index is 0.304. The van der Waals surface area contributed by atoms with Crippen molar-refractivity contribution >= 4 is 5.96 Å². The minimum Gasteiger partial charge on any atom is -0.350 e. The first kappa shape index (κ1) is 12.9. The molecular formula is C16H28N4. The average Bonchev–Trinajstić information content (AvgIpc) is 2.89. The van der Waals surface area contributed by atoms with Crippen LogP contribution in [0.3, 0.4) is 0 Å². The highest BCUT2D eigenvalue weighted by atomic mass is 15.3. The van der Waals surface area contributed by atoms with Gasteiger partial charge in [0.2, 0.25) is 5.96 Å². The molecule has 0 atom stereocenters. The summed E-state index contributed by atoms with van der Waals surface area (Å²) in [4.78, 5) is 4.84. The Bertz CT molecular complexity index is 362. The Kier molecular flexibility index (Phi) is 3.17. The van der Waals surface area contributed by atoms with Gasteiger partial charge in [-0.1, -0.05) is 12.8 Å². The monoisotopic (exact) mass is 276 g/mol. The number of aliphatic imine (C=N–C) groups is 1. The van der Waals surface area contributed by atoms with E-state index in [-0.39, 0.29) is 0 Å². The molecule has 0 radical (unpaired) electrons. The van der Waals surface area contributed by atoms with Crippen LogP contribution in [-0.4, -0.2) is 17.5 Å². The predicted octanol–water partition coefficient (Wildman–Crippen LogP) is 2.31. The van der Waals surface area contributed by atoms with Crippen LogP contribution >= 0.6 is 0 Å². The van der Waals surface area contributed by atoms with Crippen molar-refractivity contribution < 1.29 is 0 Å². The highest BCUT2D eigenvalue weighted by Crippen LogP contribution is 2.55. The summed E-state index contributed by atoms with van der Waals surface area (Å²) in [5, 5.41) is 3.75. The molecule has 5 fully saturated rings. The summed E-state index contributed by atoms with van der Waals surface area (Å²) in [7, 11) is 0. The third-order valence-corrected chi connectivity index (χ3v) is 6.19. The number of guanidine groups is 1. The lowest BCUT2D eigenvalue weighted by molar-refractivity contribution is -0.0105. The lowest BCUT2D eigenvalue weighted by Gasteiger charge is -2.57. The summed E-state index contributed by atoms with van der Waals surface area (Å²) in [6.07, 6.45) is 13.6. The summed E-state index contributed by atoms with van der Waals surface area (Å²) in [6.45, 7) is 0. The number of rotatable bonds is 2. The maximum atomic E-state index is 5.74. The molecule has 20 heavy (non-hydrogen) atoms. The molecule has 5 aliphatic rings. The van der Waals surface area contributed by atoms with Gasteiger partial charge in [0.1, 0.15) is 0 Å². The second kappa shape index (κ2) is 4.90. The quantitative estimate of drug-likeness (QED) is 0.314. The average molecular weight is 276 g/mol. The molecule has 4 N–H and O–H groups in total. The van der Waals surface area contributed by atoms with Crippen molar-refractivity contribution in [2.75, 3.05) is 0 Å². The van der Waals surface area contributed by atoms with Crippen LogP contribution in [0, 0.1) is 17.8 Å². The van der Waals surface area contributed by atoms with Crippen molar-refractivity contribution in [1.82, 2.24) is 10.7 Å². The number of hydrogen-bond donors (Lipinski definition) is 3. The van der Waals surface area contributed by atoms with Crippen molar-refractivity contribution in [2.24, 2.45) is 28.6 Å². The molecule has 4 nitrogen and oxygen atoms in total. The van der Waals surface area contributed by atoms with E-state index in [0.29, 0.717) is 11.6 Å². The fourth-order valence-electron chi connectivity index (χ4n) is 5.84. The smallest absolute Gasteiger partial charge is 0.206 e. The first-order chi connectivity index (χ1) is 9.75. The highest BCUT2D eigenvalue weighted by molar-refractivity contribution is 5.80. The zero-order valence-electron chi connectivity index (χ0n) is 12.4. The Hall–Kier alpha value is -0.770. The van der Waals surface area contributed by atoms with Gasteiger partial charge in [-0.3, -0.25) is 5.43 Å². The molecule has 4 heteroatoms. The van der Waals surface area contributed by atoms with Crippen LogP contribution in [0.15, 0.2) is 4.99 Å². The van der Waals surface area contributed by atoms with Crippen LogP contribution in [-0.2, 0) is 0 Å². The van der Waals surface area contributed by atoms with E-state index in [1.54, 1.807) is 0 Å². The van der Waals surface area contributed by atoms with Crippen LogP contribution in [0.25, 0.3) is 0 Å². The largest absolute Gasteiger partial charge is 0.350 e. The first-order valence-electron chi connectivity index (χ1n) is 8.57. The molecule has 0 aromatic rings. The van der Waals surface area contributed by atoms with E-state index in [4.69, 9.17) is 10.8 Å². The number of hydrazine groups is 1. The maximum Gasteiger partial charge on any atom is 0.206 e. The fraction of sp³-hybridized carbons (Fsp3) is 0.938. The zero-order chi connectivity index (χ0) is 13.6.